The van der Waals surface area contributed by atoms with Gasteiger partial charge in [0.05, 0.1) is 0 Å². The standard InChI is InChI=1S/C121H132/c1-14-20-62-119(63-21-15-2)111-72-84(81-39-50-96-97-51-40-82(69-108(97)117(18-5,19-6)107(96)68-81)85-38-49-95-92-34-28-29-35-104(92)120(113(95)74-85,64-58-77(7)8)65-59-78(9)10)42-54-100(111)101-55-44-87(73-112(101)119)89-46-57-103-102-56-45-88(75-114(102)121(115(103)76-89,90-30-24-22-25-31-90)91-32-26-23-27-33-91)86-43-53-99-98-52-41-83(70-109(98)118(60-16-3,61-17-4)110(99)71-86)80-37-48-94-93-47-36-79(11)66-105(93)116(12,13)106(94)67-80/h28-29,34-57,66-78,90-91H,14-27,30-33,58-65H2,1-13H3. The highest BCUT2D eigenvalue weighted by Crippen LogP contribution is 2.66. The Bertz CT molecular complexity index is 5980. The van der Waals surface area contributed by atoms with Crippen LogP contribution in [0.2, 0.25) is 0 Å². The summed E-state index contributed by atoms with van der Waals surface area (Å²) in [5, 5.41) is 0. The van der Waals surface area contributed by atoms with Gasteiger partial charge in [0.15, 0.2) is 0 Å². The molecule has 8 aliphatic rings. The molecule has 0 bridgehead atoms. The molecule has 0 N–H and O–H groups in total. The van der Waals surface area contributed by atoms with Crippen molar-refractivity contribution in [2.45, 2.75) is 289 Å². The highest BCUT2D eigenvalue weighted by molar-refractivity contribution is 5.94. The molecule has 0 saturated heterocycles. The van der Waals surface area contributed by atoms with E-state index in [1.165, 1.54) is 266 Å². The highest BCUT2D eigenvalue weighted by Gasteiger charge is 2.55. The van der Waals surface area contributed by atoms with Crippen molar-refractivity contribution >= 4 is 0 Å². The van der Waals surface area contributed by atoms with Gasteiger partial charge < -0.3 is 0 Å². The Morgan fingerprint density at radius 3 is 0.843 bits per heavy atom. The lowest BCUT2D eigenvalue weighted by molar-refractivity contribution is 0.137. The van der Waals surface area contributed by atoms with Crippen molar-refractivity contribution in [1.29, 1.82) is 0 Å². The summed E-state index contributed by atoms with van der Waals surface area (Å²) >= 11 is 0. The molecule has 20 rings (SSSR count). The molecular formula is C121H132. The van der Waals surface area contributed by atoms with E-state index in [2.05, 4.69) is 314 Å². The van der Waals surface area contributed by atoms with Gasteiger partial charge >= 0.3 is 0 Å². The summed E-state index contributed by atoms with van der Waals surface area (Å²) < 4.78 is 0. The molecule has 0 atom stereocenters. The van der Waals surface area contributed by atoms with Gasteiger partial charge in [-0.1, -0.05) is 329 Å². The zero-order valence-electron chi connectivity index (χ0n) is 75.6. The summed E-state index contributed by atoms with van der Waals surface area (Å²) in [5.74, 6) is 2.51. The van der Waals surface area contributed by atoms with Crippen LogP contribution in [0.3, 0.4) is 0 Å². The second kappa shape index (κ2) is 31.1. The zero-order valence-corrected chi connectivity index (χ0v) is 75.6. The van der Waals surface area contributed by atoms with Gasteiger partial charge in [0.1, 0.15) is 0 Å². The quantitative estimate of drug-likeness (QED) is 0.0535. The van der Waals surface area contributed by atoms with Crippen LogP contribution in [0, 0.1) is 30.6 Å². The molecule has 121 heavy (non-hydrogen) atoms. The first-order valence-electron chi connectivity index (χ1n) is 48.6. The molecule has 0 amide bonds. The fourth-order valence-corrected chi connectivity index (χ4v) is 27.2. The Kier molecular flexibility index (Phi) is 20.6. The summed E-state index contributed by atoms with van der Waals surface area (Å²) in [6.45, 7) is 31.4. The Morgan fingerprint density at radius 1 is 0.256 bits per heavy atom. The lowest BCUT2D eigenvalue weighted by atomic mass is 9.54. The minimum absolute atomic E-state index is 0.0224. The van der Waals surface area contributed by atoms with Crippen LogP contribution in [0.25, 0.3) is 122 Å². The molecule has 12 aromatic carbocycles. The van der Waals surface area contributed by atoms with E-state index in [4.69, 9.17) is 0 Å². The van der Waals surface area contributed by atoms with Gasteiger partial charge in [-0.15, -0.1) is 0 Å². The second-order valence-electron chi connectivity index (χ2n) is 41.0. The maximum Gasteiger partial charge on any atom is 0.0271 e. The molecule has 0 radical (unpaired) electrons. The van der Waals surface area contributed by atoms with Crippen molar-refractivity contribution in [3.63, 3.8) is 0 Å². The minimum atomic E-state index is -0.0936. The van der Waals surface area contributed by atoms with Gasteiger partial charge in [-0.3, -0.25) is 0 Å². The topological polar surface area (TPSA) is 0 Å². The first kappa shape index (κ1) is 80.1. The van der Waals surface area contributed by atoms with Crippen molar-refractivity contribution in [3.8, 4) is 122 Å². The fourth-order valence-electron chi connectivity index (χ4n) is 27.2. The number of fused-ring (bicyclic) bond motifs is 18. The highest BCUT2D eigenvalue weighted by atomic mass is 14.6. The molecule has 0 heteroatoms. The van der Waals surface area contributed by atoms with Crippen LogP contribution in [-0.4, -0.2) is 0 Å². The molecule has 616 valence electrons. The first-order valence-corrected chi connectivity index (χ1v) is 48.6. The number of unbranched alkanes of at least 4 members (excludes halogenated alkanes) is 2. The van der Waals surface area contributed by atoms with Gasteiger partial charge in [0.2, 0.25) is 0 Å². The third-order valence-corrected chi connectivity index (χ3v) is 33.3. The minimum Gasteiger partial charge on any atom is -0.0654 e. The third-order valence-electron chi connectivity index (χ3n) is 33.3. The normalized spacial score (nSPS) is 17.6. The predicted octanol–water partition coefficient (Wildman–Crippen LogP) is 34.8. The van der Waals surface area contributed by atoms with Crippen LogP contribution >= 0.6 is 0 Å². The van der Waals surface area contributed by atoms with E-state index in [0.29, 0.717) is 23.7 Å². The van der Waals surface area contributed by atoms with E-state index < -0.39 is 0 Å². The molecule has 0 aromatic heterocycles. The molecule has 0 aliphatic heterocycles. The van der Waals surface area contributed by atoms with Crippen LogP contribution in [0.15, 0.2) is 224 Å². The van der Waals surface area contributed by atoms with Crippen LogP contribution in [0.4, 0.5) is 0 Å². The third kappa shape index (κ3) is 12.4. The van der Waals surface area contributed by atoms with Crippen molar-refractivity contribution in [2.75, 3.05) is 0 Å². The number of hydrogen-bond donors (Lipinski definition) is 0. The number of hydrogen-bond acceptors (Lipinski definition) is 0. The van der Waals surface area contributed by atoms with Crippen molar-refractivity contribution < 1.29 is 0 Å². The van der Waals surface area contributed by atoms with Crippen molar-refractivity contribution in [3.05, 3.63) is 297 Å². The summed E-state index contributed by atoms with van der Waals surface area (Å²) in [7, 11) is 0. The van der Waals surface area contributed by atoms with E-state index in [-0.39, 0.29) is 32.5 Å². The molecule has 0 unspecified atom stereocenters. The van der Waals surface area contributed by atoms with Crippen LogP contribution in [0.1, 0.15) is 322 Å². The summed E-state index contributed by atoms with van der Waals surface area (Å²) in [4.78, 5) is 0. The SMILES string of the molecule is CCCCC1(CCCC)c2cc(-c3ccc4c(c3)C(CC)(CC)c3cc(-c5ccc6c(c5)C(CCC(C)C)(CCC(C)C)c5ccccc5-6)ccc3-4)ccc2-c2ccc(-c3ccc4c(c3)C(C3CCCCC3)(C3CCCCC3)c3cc(-c5ccc6c(c5)C(CCC)(CCC)c5cc(-c7ccc8c(c7)C(C)(C)c7cc(C)ccc7-8)ccc5-6)ccc3-4)cc21. The smallest absolute Gasteiger partial charge is 0.0271 e. The molecule has 8 aliphatic carbocycles. The fraction of sp³-hybridized carbons (Fsp3) is 0.405. The van der Waals surface area contributed by atoms with E-state index in [1.54, 1.807) is 44.5 Å². The number of aryl methyl sites for hydroxylation is 1. The second-order valence-corrected chi connectivity index (χ2v) is 41.0. The molecule has 0 heterocycles. The van der Waals surface area contributed by atoms with Crippen molar-refractivity contribution in [2.24, 2.45) is 23.7 Å². The lowest BCUT2D eigenvalue weighted by Gasteiger charge is -2.49. The van der Waals surface area contributed by atoms with Gasteiger partial charge in [-0.2, -0.15) is 0 Å². The summed E-state index contributed by atoms with van der Waals surface area (Å²) in [6, 6.07) is 93.7. The Balaban J connectivity index is 0.647. The predicted molar refractivity (Wildman–Crippen MR) is 518 cm³/mol. The maximum atomic E-state index is 2.81. The van der Waals surface area contributed by atoms with Gasteiger partial charge in [-0.05, 0) is 370 Å². The van der Waals surface area contributed by atoms with Gasteiger partial charge in [0, 0.05) is 32.5 Å². The molecule has 2 fully saturated rings. The first-order chi connectivity index (χ1) is 58.9. The molecular weight excluding hydrogens is 1450 g/mol. The maximum absolute atomic E-state index is 2.81. The lowest BCUT2D eigenvalue weighted by Crippen LogP contribution is -2.44. The van der Waals surface area contributed by atoms with E-state index in [0.717, 1.165) is 51.4 Å². The van der Waals surface area contributed by atoms with Gasteiger partial charge in [0.25, 0.3) is 0 Å². The molecule has 12 aromatic rings. The van der Waals surface area contributed by atoms with E-state index in [1.807, 2.05) is 0 Å². The average molecular weight is 1590 g/mol. The summed E-state index contributed by atoms with van der Waals surface area (Å²) in [6.07, 6.45) is 31.9. The number of rotatable bonds is 25. The van der Waals surface area contributed by atoms with E-state index in [9.17, 15) is 0 Å². The Hall–Kier alpha value is -9.36. The Morgan fingerprint density at radius 2 is 0.521 bits per heavy atom. The number of benzene rings is 12. The summed E-state index contributed by atoms with van der Waals surface area (Å²) in [5.41, 5.74) is 50.6. The molecule has 0 spiro atoms. The van der Waals surface area contributed by atoms with E-state index >= 15 is 0 Å². The monoisotopic (exact) mass is 1590 g/mol. The van der Waals surface area contributed by atoms with Gasteiger partial charge in [-0.25, -0.2) is 0 Å². The zero-order chi connectivity index (χ0) is 83.1. The van der Waals surface area contributed by atoms with Crippen molar-refractivity contribution in [1.82, 2.24) is 0 Å². The Labute approximate surface area is 727 Å². The molecule has 0 nitrogen and oxygen atoms in total. The van der Waals surface area contributed by atoms with Crippen LogP contribution in [0.5, 0.6) is 0 Å². The largest absolute Gasteiger partial charge is 0.0654 e. The molecule has 2 saturated carbocycles. The van der Waals surface area contributed by atoms with Crippen LogP contribution in [-0.2, 0) is 32.5 Å². The van der Waals surface area contributed by atoms with Crippen LogP contribution < -0.4 is 0 Å². The average Bonchev–Trinajstić information content (AvgIpc) is 1.53.